The van der Waals surface area contributed by atoms with Crippen LogP contribution in [0.25, 0.3) is 0 Å². The van der Waals surface area contributed by atoms with Gasteiger partial charge in [0.25, 0.3) is 0 Å². The number of hydrogen-bond donors (Lipinski definition) is 2. The van der Waals surface area contributed by atoms with Crippen molar-refractivity contribution in [3.05, 3.63) is 23.8 Å². The van der Waals surface area contributed by atoms with E-state index in [1.165, 1.54) is 12.8 Å². The zero-order valence-electron chi connectivity index (χ0n) is 10.3. The molecule has 3 N–H and O–H groups in total. The van der Waals surface area contributed by atoms with Crippen molar-refractivity contribution in [3.8, 4) is 0 Å². The highest BCUT2D eigenvalue weighted by molar-refractivity contribution is 5.69. The Balaban J connectivity index is 1.75. The summed E-state index contributed by atoms with van der Waals surface area (Å²) in [6.45, 7) is 2.93. The molecule has 1 aromatic rings. The third kappa shape index (κ3) is 2.12. The number of aryl methyl sites for hydroxylation is 1. The van der Waals surface area contributed by atoms with Crippen LogP contribution in [0.15, 0.2) is 18.2 Å². The molecule has 92 valence electrons. The molecular weight excluding hydrogens is 212 g/mol. The molecule has 2 aliphatic rings. The topological polar surface area (TPSA) is 47.3 Å². The van der Waals surface area contributed by atoms with Gasteiger partial charge in [0.15, 0.2) is 0 Å². The average molecular weight is 232 g/mol. The SMILES string of the molecule is Cc1cccc(NC2CCOC2C2CC2)c1N. The van der Waals surface area contributed by atoms with E-state index in [9.17, 15) is 0 Å². The molecule has 0 amide bonds. The van der Waals surface area contributed by atoms with Crippen LogP contribution in [0.4, 0.5) is 11.4 Å². The van der Waals surface area contributed by atoms with E-state index in [2.05, 4.69) is 17.4 Å². The van der Waals surface area contributed by atoms with Crippen LogP contribution < -0.4 is 11.1 Å². The summed E-state index contributed by atoms with van der Waals surface area (Å²) in [5.74, 6) is 0.779. The molecule has 0 aromatic heterocycles. The summed E-state index contributed by atoms with van der Waals surface area (Å²) in [6, 6.07) is 6.59. The summed E-state index contributed by atoms with van der Waals surface area (Å²) in [5.41, 5.74) is 9.16. The molecule has 2 fully saturated rings. The van der Waals surface area contributed by atoms with E-state index in [0.717, 1.165) is 35.9 Å². The van der Waals surface area contributed by atoms with E-state index in [4.69, 9.17) is 10.5 Å². The van der Waals surface area contributed by atoms with E-state index >= 15 is 0 Å². The predicted molar refractivity (Wildman–Crippen MR) is 70.1 cm³/mol. The zero-order chi connectivity index (χ0) is 11.8. The normalized spacial score (nSPS) is 28.3. The fraction of sp³-hybridized carbons (Fsp3) is 0.571. The first kappa shape index (κ1) is 10.9. The van der Waals surface area contributed by atoms with Crippen molar-refractivity contribution in [2.24, 2.45) is 5.92 Å². The third-order valence-electron chi connectivity index (χ3n) is 3.89. The zero-order valence-corrected chi connectivity index (χ0v) is 10.3. The standard InChI is InChI=1S/C14H20N2O/c1-9-3-2-4-11(13(9)15)16-12-7-8-17-14(12)10-5-6-10/h2-4,10,12,14,16H,5-8,15H2,1H3. The molecule has 1 aliphatic heterocycles. The Morgan fingerprint density at radius 3 is 2.88 bits per heavy atom. The minimum atomic E-state index is 0.398. The molecule has 17 heavy (non-hydrogen) atoms. The van der Waals surface area contributed by atoms with Crippen molar-refractivity contribution >= 4 is 11.4 Å². The van der Waals surface area contributed by atoms with Crippen LogP contribution in [0.3, 0.4) is 0 Å². The van der Waals surface area contributed by atoms with Crippen molar-refractivity contribution in [2.75, 3.05) is 17.7 Å². The van der Waals surface area contributed by atoms with Gasteiger partial charge in [0.2, 0.25) is 0 Å². The van der Waals surface area contributed by atoms with Crippen LogP contribution >= 0.6 is 0 Å². The van der Waals surface area contributed by atoms with Crippen LogP contribution in [0.5, 0.6) is 0 Å². The van der Waals surface area contributed by atoms with Gasteiger partial charge in [-0.05, 0) is 43.7 Å². The predicted octanol–water partition coefficient (Wildman–Crippen LogP) is 2.56. The van der Waals surface area contributed by atoms with Crippen LogP contribution in [0.2, 0.25) is 0 Å². The molecular formula is C14H20N2O. The van der Waals surface area contributed by atoms with Gasteiger partial charge in [-0.3, -0.25) is 0 Å². The quantitative estimate of drug-likeness (QED) is 0.787. The number of hydrogen-bond acceptors (Lipinski definition) is 3. The lowest BCUT2D eigenvalue weighted by molar-refractivity contribution is 0.0898. The van der Waals surface area contributed by atoms with Crippen LogP contribution in [0, 0.1) is 12.8 Å². The molecule has 0 bridgehead atoms. The molecule has 1 aliphatic carbocycles. The number of para-hydroxylation sites is 1. The van der Waals surface area contributed by atoms with Crippen molar-refractivity contribution in [1.82, 2.24) is 0 Å². The molecule has 0 radical (unpaired) electrons. The molecule has 3 rings (SSSR count). The Morgan fingerprint density at radius 1 is 1.29 bits per heavy atom. The maximum atomic E-state index is 6.09. The van der Waals surface area contributed by atoms with E-state index in [-0.39, 0.29) is 0 Å². The Morgan fingerprint density at radius 2 is 2.12 bits per heavy atom. The number of nitrogens with two attached hydrogens (primary N) is 1. The highest BCUT2D eigenvalue weighted by Gasteiger charge is 2.40. The molecule has 2 atom stereocenters. The number of ether oxygens (including phenoxy) is 1. The fourth-order valence-electron chi connectivity index (χ4n) is 2.66. The average Bonchev–Trinajstić information content (AvgIpc) is 3.06. The first-order valence-corrected chi connectivity index (χ1v) is 6.49. The molecule has 0 spiro atoms. The van der Waals surface area contributed by atoms with Crippen molar-refractivity contribution in [1.29, 1.82) is 0 Å². The fourth-order valence-corrected chi connectivity index (χ4v) is 2.66. The maximum absolute atomic E-state index is 6.09. The lowest BCUT2D eigenvalue weighted by Crippen LogP contribution is -2.31. The molecule has 1 saturated heterocycles. The lowest BCUT2D eigenvalue weighted by Gasteiger charge is -2.22. The molecule has 3 nitrogen and oxygen atoms in total. The van der Waals surface area contributed by atoms with Gasteiger partial charge >= 0.3 is 0 Å². The van der Waals surface area contributed by atoms with Gasteiger partial charge in [-0.1, -0.05) is 12.1 Å². The summed E-state index contributed by atoms with van der Waals surface area (Å²) in [6.07, 6.45) is 4.14. The first-order chi connectivity index (χ1) is 8.25. The largest absolute Gasteiger partial charge is 0.397 e. The minimum Gasteiger partial charge on any atom is -0.397 e. The summed E-state index contributed by atoms with van der Waals surface area (Å²) >= 11 is 0. The smallest absolute Gasteiger partial charge is 0.0804 e. The monoisotopic (exact) mass is 232 g/mol. The molecule has 2 unspecified atom stereocenters. The number of rotatable bonds is 3. The minimum absolute atomic E-state index is 0.398. The Labute approximate surface area is 102 Å². The first-order valence-electron chi connectivity index (χ1n) is 6.49. The van der Waals surface area contributed by atoms with Crippen molar-refractivity contribution < 1.29 is 4.74 Å². The highest BCUT2D eigenvalue weighted by atomic mass is 16.5. The van der Waals surface area contributed by atoms with E-state index in [1.54, 1.807) is 0 Å². The number of anilines is 2. The van der Waals surface area contributed by atoms with E-state index in [0.29, 0.717) is 12.1 Å². The van der Waals surface area contributed by atoms with Crippen LogP contribution in [-0.2, 0) is 4.74 Å². The lowest BCUT2D eigenvalue weighted by atomic mass is 10.1. The molecule has 1 saturated carbocycles. The van der Waals surface area contributed by atoms with Gasteiger partial charge in [-0.25, -0.2) is 0 Å². The van der Waals surface area contributed by atoms with Crippen molar-refractivity contribution in [3.63, 3.8) is 0 Å². The second-order valence-electron chi connectivity index (χ2n) is 5.25. The molecule has 1 aromatic carbocycles. The van der Waals surface area contributed by atoms with Crippen LogP contribution in [0.1, 0.15) is 24.8 Å². The van der Waals surface area contributed by atoms with Gasteiger partial charge in [0.1, 0.15) is 0 Å². The maximum Gasteiger partial charge on any atom is 0.0804 e. The van der Waals surface area contributed by atoms with E-state index in [1.807, 2.05) is 13.0 Å². The van der Waals surface area contributed by atoms with Gasteiger partial charge in [0, 0.05) is 6.61 Å². The number of benzene rings is 1. The number of nitrogens with one attached hydrogen (secondary N) is 1. The Bertz CT molecular complexity index is 415. The third-order valence-corrected chi connectivity index (χ3v) is 3.89. The highest BCUT2D eigenvalue weighted by Crippen LogP contribution is 2.40. The van der Waals surface area contributed by atoms with Gasteiger partial charge in [-0.15, -0.1) is 0 Å². The van der Waals surface area contributed by atoms with E-state index < -0.39 is 0 Å². The van der Waals surface area contributed by atoms with Gasteiger partial charge in [0.05, 0.1) is 23.5 Å². The second kappa shape index (κ2) is 4.22. The van der Waals surface area contributed by atoms with Gasteiger partial charge in [-0.2, -0.15) is 0 Å². The van der Waals surface area contributed by atoms with Crippen LogP contribution in [-0.4, -0.2) is 18.8 Å². The Hall–Kier alpha value is -1.22. The molecule has 3 heteroatoms. The Kier molecular flexibility index (Phi) is 2.71. The van der Waals surface area contributed by atoms with Gasteiger partial charge < -0.3 is 15.8 Å². The second-order valence-corrected chi connectivity index (χ2v) is 5.25. The van der Waals surface area contributed by atoms with Crippen molar-refractivity contribution in [2.45, 2.75) is 38.3 Å². The number of nitrogen functional groups attached to an aromatic ring is 1. The summed E-state index contributed by atoms with van der Waals surface area (Å²) < 4.78 is 5.83. The summed E-state index contributed by atoms with van der Waals surface area (Å²) in [4.78, 5) is 0. The summed E-state index contributed by atoms with van der Waals surface area (Å²) in [5, 5.41) is 3.57. The summed E-state index contributed by atoms with van der Waals surface area (Å²) in [7, 11) is 0. The molecule has 1 heterocycles.